The summed E-state index contributed by atoms with van der Waals surface area (Å²) >= 11 is 1.65. The van der Waals surface area contributed by atoms with Crippen LogP contribution in [0.25, 0.3) is 0 Å². The highest BCUT2D eigenvalue weighted by atomic mass is 32.2. The third kappa shape index (κ3) is 5.05. The summed E-state index contributed by atoms with van der Waals surface area (Å²) in [7, 11) is 0. The molecule has 33 heavy (non-hydrogen) atoms. The molecule has 2 aromatic rings. The molecule has 7 nitrogen and oxygen atoms in total. The number of amides is 1. The number of benzene rings is 1. The van der Waals surface area contributed by atoms with Crippen LogP contribution in [0.15, 0.2) is 33.9 Å². The maximum atomic E-state index is 13.6. The summed E-state index contributed by atoms with van der Waals surface area (Å²) < 4.78 is 1.40. The normalized spacial score (nSPS) is 18.3. The Morgan fingerprint density at radius 2 is 1.94 bits per heavy atom. The second kappa shape index (κ2) is 10.6. The van der Waals surface area contributed by atoms with Crippen LogP contribution in [0.5, 0.6) is 0 Å². The van der Waals surface area contributed by atoms with Gasteiger partial charge in [-0.25, -0.2) is 4.79 Å². The molecule has 1 heterocycles. The highest BCUT2D eigenvalue weighted by Crippen LogP contribution is 2.40. The van der Waals surface area contributed by atoms with Gasteiger partial charge in [0, 0.05) is 17.8 Å². The van der Waals surface area contributed by atoms with Crippen molar-refractivity contribution in [1.82, 2.24) is 9.55 Å². The summed E-state index contributed by atoms with van der Waals surface area (Å²) in [4.78, 5) is 42.9. The van der Waals surface area contributed by atoms with Crippen molar-refractivity contribution in [3.05, 3.63) is 56.2 Å². The number of fused-ring (bicyclic) bond motifs is 1. The highest BCUT2D eigenvalue weighted by molar-refractivity contribution is 8.00. The number of carbonyl (C=O) groups is 1. The van der Waals surface area contributed by atoms with Gasteiger partial charge in [0.2, 0.25) is 5.91 Å². The molecule has 8 heteroatoms. The maximum Gasteiger partial charge on any atom is 0.330 e. The molecule has 1 aromatic carbocycles. The third-order valence-corrected chi connectivity index (χ3v) is 8.18. The first-order valence-electron chi connectivity index (χ1n) is 12.1. The zero-order valence-corrected chi connectivity index (χ0v) is 20.2. The summed E-state index contributed by atoms with van der Waals surface area (Å²) in [5, 5.41) is 0.276. The van der Waals surface area contributed by atoms with Crippen molar-refractivity contribution < 1.29 is 4.79 Å². The number of nitrogens with zero attached hydrogens (tertiary/aromatic N) is 2. The Kier molecular flexibility index (Phi) is 7.63. The second-order valence-corrected chi connectivity index (χ2v) is 10.3. The third-order valence-electron chi connectivity index (χ3n) is 6.87. The molecular weight excluding hydrogens is 436 g/mol. The molecule has 0 radical (unpaired) electrons. The van der Waals surface area contributed by atoms with E-state index in [1.165, 1.54) is 15.7 Å². The fourth-order valence-corrected chi connectivity index (χ4v) is 6.37. The van der Waals surface area contributed by atoms with Crippen molar-refractivity contribution in [2.75, 3.05) is 16.4 Å². The van der Waals surface area contributed by atoms with E-state index in [1.54, 1.807) is 16.7 Å². The van der Waals surface area contributed by atoms with E-state index in [1.807, 2.05) is 6.92 Å². The largest absolute Gasteiger partial charge is 0.383 e. The standard InChI is InChI=1S/C25H34N4O3S/c1-2-3-15-28-23(26)22(24(31)27-25(28)32)29(18-11-5-6-12-18)21(30)16-33-20-14-8-10-17-9-4-7-13-19(17)20/h4,7,9,13,18,20H,2-3,5-6,8,10-12,14-16,26H2,1H3,(H,27,31,32). The molecule has 3 N–H and O–H groups in total. The maximum absolute atomic E-state index is 13.6. The van der Waals surface area contributed by atoms with E-state index in [9.17, 15) is 14.4 Å². The molecule has 2 aliphatic rings. The van der Waals surface area contributed by atoms with Crippen LogP contribution in [0, 0.1) is 0 Å². The first-order chi connectivity index (χ1) is 16.0. The Hall–Kier alpha value is -2.48. The average Bonchev–Trinajstić information content (AvgIpc) is 3.34. The van der Waals surface area contributed by atoms with Crippen molar-refractivity contribution in [3.8, 4) is 0 Å². The number of carbonyl (C=O) groups excluding carboxylic acids is 1. The zero-order valence-electron chi connectivity index (χ0n) is 19.3. The summed E-state index contributed by atoms with van der Waals surface area (Å²) in [6.07, 6.45) is 8.63. The molecule has 1 atom stereocenters. The lowest BCUT2D eigenvalue weighted by Gasteiger charge is -2.31. The number of nitrogens with one attached hydrogen (secondary N) is 1. The molecule has 0 spiro atoms. The number of H-pyrrole nitrogens is 1. The quantitative estimate of drug-likeness (QED) is 0.607. The molecule has 2 aliphatic carbocycles. The zero-order chi connectivity index (χ0) is 23.4. The van der Waals surface area contributed by atoms with Gasteiger partial charge in [0.1, 0.15) is 5.82 Å². The van der Waals surface area contributed by atoms with Gasteiger partial charge in [0.25, 0.3) is 5.56 Å². The molecule has 0 aliphatic heterocycles. The Labute approximate surface area is 198 Å². The predicted octanol–water partition coefficient (Wildman–Crippen LogP) is 4.01. The van der Waals surface area contributed by atoms with Crippen molar-refractivity contribution in [2.24, 2.45) is 0 Å². The van der Waals surface area contributed by atoms with Crippen molar-refractivity contribution in [2.45, 2.75) is 82.5 Å². The SMILES string of the molecule is CCCCn1c(N)c(N(C(=O)CSC2CCCc3ccccc32)C2CCCC2)c(=O)[nH]c1=O. The molecule has 178 valence electrons. The van der Waals surface area contributed by atoms with Crippen LogP contribution in [0.1, 0.15) is 74.7 Å². The minimum Gasteiger partial charge on any atom is -0.383 e. The van der Waals surface area contributed by atoms with Gasteiger partial charge >= 0.3 is 5.69 Å². The number of nitrogens with two attached hydrogens (primary N) is 1. The van der Waals surface area contributed by atoms with Gasteiger partial charge in [0.15, 0.2) is 5.69 Å². The number of rotatable bonds is 8. The molecule has 1 unspecified atom stereocenters. The molecule has 1 fully saturated rings. The first kappa shape index (κ1) is 23.7. The van der Waals surface area contributed by atoms with E-state index in [0.29, 0.717) is 6.54 Å². The van der Waals surface area contributed by atoms with Crippen molar-refractivity contribution in [1.29, 1.82) is 0 Å². The lowest BCUT2D eigenvalue weighted by molar-refractivity contribution is -0.116. The molecule has 4 rings (SSSR count). The van der Waals surface area contributed by atoms with E-state index < -0.39 is 11.2 Å². The number of aromatic nitrogens is 2. The number of thioether (sulfide) groups is 1. The van der Waals surface area contributed by atoms with Gasteiger partial charge in [-0.05, 0) is 49.7 Å². The van der Waals surface area contributed by atoms with Crippen LogP contribution < -0.4 is 21.9 Å². The van der Waals surface area contributed by atoms with Gasteiger partial charge in [-0.3, -0.25) is 19.1 Å². The fraction of sp³-hybridized carbons (Fsp3) is 0.560. The van der Waals surface area contributed by atoms with Crippen LogP contribution in [0.3, 0.4) is 0 Å². The minimum absolute atomic E-state index is 0.0581. The first-order valence-corrected chi connectivity index (χ1v) is 13.2. The predicted molar refractivity (Wildman–Crippen MR) is 135 cm³/mol. The molecule has 1 amide bonds. The Balaban J connectivity index is 1.62. The molecule has 1 aromatic heterocycles. The lowest BCUT2D eigenvalue weighted by atomic mass is 9.91. The Morgan fingerprint density at radius 1 is 1.18 bits per heavy atom. The number of hydrogen-bond donors (Lipinski definition) is 2. The molecule has 1 saturated carbocycles. The summed E-state index contributed by atoms with van der Waals surface area (Å²) in [6, 6.07) is 8.41. The van der Waals surface area contributed by atoms with Crippen LogP contribution >= 0.6 is 11.8 Å². The van der Waals surface area contributed by atoms with Gasteiger partial charge < -0.3 is 10.6 Å². The summed E-state index contributed by atoms with van der Waals surface area (Å²) in [5.74, 6) is 0.279. The fourth-order valence-electron chi connectivity index (χ4n) is 5.15. The number of unbranched alkanes of at least 4 members (excludes halogenated alkanes) is 1. The van der Waals surface area contributed by atoms with Crippen molar-refractivity contribution >= 4 is 29.2 Å². The van der Waals surface area contributed by atoms with E-state index in [0.717, 1.165) is 57.8 Å². The van der Waals surface area contributed by atoms with E-state index in [2.05, 4.69) is 29.2 Å². The summed E-state index contributed by atoms with van der Waals surface area (Å²) in [5.41, 5.74) is 8.12. The summed E-state index contributed by atoms with van der Waals surface area (Å²) in [6.45, 7) is 2.45. The van der Waals surface area contributed by atoms with E-state index in [4.69, 9.17) is 5.73 Å². The highest BCUT2D eigenvalue weighted by Gasteiger charge is 2.33. The smallest absolute Gasteiger partial charge is 0.330 e. The van der Waals surface area contributed by atoms with Gasteiger partial charge in [-0.1, -0.05) is 50.5 Å². The number of aryl methyl sites for hydroxylation is 1. The average molecular weight is 471 g/mol. The van der Waals surface area contributed by atoms with Crippen molar-refractivity contribution in [3.63, 3.8) is 0 Å². The number of hydrogen-bond acceptors (Lipinski definition) is 5. The van der Waals surface area contributed by atoms with Gasteiger partial charge in [0.05, 0.1) is 5.75 Å². The van der Waals surface area contributed by atoms with Gasteiger partial charge in [-0.2, -0.15) is 0 Å². The van der Waals surface area contributed by atoms with Gasteiger partial charge in [-0.15, -0.1) is 11.8 Å². The topological polar surface area (TPSA) is 101 Å². The van der Waals surface area contributed by atoms with E-state index >= 15 is 0 Å². The Morgan fingerprint density at radius 3 is 2.70 bits per heavy atom. The van der Waals surface area contributed by atoms with Crippen LogP contribution in [0.4, 0.5) is 11.5 Å². The monoisotopic (exact) mass is 470 g/mol. The minimum atomic E-state index is -0.571. The van der Waals surface area contributed by atoms with Crippen LogP contribution in [-0.4, -0.2) is 27.3 Å². The molecule has 0 bridgehead atoms. The number of anilines is 2. The number of aromatic amines is 1. The number of nitrogen functional groups attached to an aromatic ring is 1. The Bertz CT molecular complexity index is 1100. The van der Waals surface area contributed by atoms with E-state index in [-0.39, 0.29) is 34.5 Å². The van der Waals surface area contributed by atoms with Crippen LogP contribution in [-0.2, 0) is 17.8 Å². The second-order valence-electron chi connectivity index (χ2n) is 9.09. The molecule has 0 saturated heterocycles. The lowest BCUT2D eigenvalue weighted by Crippen LogP contribution is -2.46. The molecular formula is C25H34N4O3S. The van der Waals surface area contributed by atoms with Crippen LogP contribution in [0.2, 0.25) is 0 Å².